The first kappa shape index (κ1) is 14.1. The molecule has 0 bridgehead atoms. The molecule has 0 aromatic heterocycles. The Bertz CT molecular complexity index is 423. The zero-order chi connectivity index (χ0) is 13.4. The van der Waals surface area contributed by atoms with Gasteiger partial charge in [-0.05, 0) is 28.1 Å². The van der Waals surface area contributed by atoms with Gasteiger partial charge < -0.3 is 4.74 Å². The molecule has 96 valence electrons. The fraction of sp³-hybridized carbons (Fsp3) is 0.250. The largest absolute Gasteiger partial charge is 0.573 e. The van der Waals surface area contributed by atoms with Gasteiger partial charge in [-0.25, -0.2) is 4.39 Å². The van der Waals surface area contributed by atoms with Crippen LogP contribution in [0.25, 0.3) is 0 Å². The van der Waals surface area contributed by atoms with Crippen LogP contribution in [0.15, 0.2) is 16.6 Å². The molecule has 0 spiro atoms. The van der Waals surface area contributed by atoms with Crippen LogP contribution in [0.5, 0.6) is 5.75 Å². The quantitative estimate of drug-likeness (QED) is 0.690. The molecule has 1 aromatic rings. The molecule has 0 radical (unpaired) electrons. The second-order valence-corrected chi connectivity index (χ2v) is 3.66. The van der Waals surface area contributed by atoms with Gasteiger partial charge in [0.1, 0.15) is 17.1 Å². The van der Waals surface area contributed by atoms with Gasteiger partial charge in [0.25, 0.3) is 0 Å². The van der Waals surface area contributed by atoms with Crippen LogP contribution in [0.3, 0.4) is 0 Å². The Morgan fingerprint density at radius 1 is 1.00 bits per heavy atom. The van der Waals surface area contributed by atoms with Crippen molar-refractivity contribution < 1.29 is 35.5 Å². The van der Waals surface area contributed by atoms with E-state index < -0.39 is 34.1 Å². The van der Waals surface area contributed by atoms with Gasteiger partial charge in [-0.3, -0.25) is 0 Å². The van der Waals surface area contributed by atoms with Crippen molar-refractivity contribution in [1.29, 1.82) is 0 Å². The summed E-state index contributed by atoms with van der Waals surface area (Å²) in [5, 5.41) is 0. The summed E-state index contributed by atoms with van der Waals surface area (Å²) < 4.78 is 87.9. The van der Waals surface area contributed by atoms with Gasteiger partial charge in [-0.15, -0.1) is 13.2 Å². The molecule has 17 heavy (non-hydrogen) atoms. The molecule has 0 unspecified atom stereocenters. The van der Waals surface area contributed by atoms with Crippen LogP contribution in [0.1, 0.15) is 5.56 Å². The lowest BCUT2D eigenvalue weighted by molar-refractivity contribution is -0.276. The van der Waals surface area contributed by atoms with Crippen LogP contribution in [0.4, 0.5) is 30.7 Å². The minimum Gasteiger partial charge on any atom is -0.405 e. The van der Waals surface area contributed by atoms with E-state index in [1.807, 2.05) is 0 Å². The molecule has 0 saturated carbocycles. The van der Waals surface area contributed by atoms with E-state index in [1.54, 1.807) is 0 Å². The first-order chi connectivity index (χ1) is 7.50. The van der Waals surface area contributed by atoms with Crippen LogP contribution in [-0.2, 0) is 6.18 Å². The minimum atomic E-state index is -5.29. The van der Waals surface area contributed by atoms with Gasteiger partial charge in [-0.1, -0.05) is 0 Å². The lowest BCUT2D eigenvalue weighted by Gasteiger charge is -2.15. The summed E-state index contributed by atoms with van der Waals surface area (Å²) in [6.07, 6.45) is -10.4. The molecule has 0 heterocycles. The summed E-state index contributed by atoms with van der Waals surface area (Å²) in [5.41, 5.74) is -1.84. The maximum atomic E-state index is 12.8. The fourth-order valence-electron chi connectivity index (χ4n) is 0.959. The Kier molecular flexibility index (Phi) is 3.60. The van der Waals surface area contributed by atoms with Crippen LogP contribution in [0, 0.1) is 5.82 Å². The van der Waals surface area contributed by atoms with Crippen molar-refractivity contribution in [3.05, 3.63) is 28.0 Å². The second-order valence-electron chi connectivity index (χ2n) is 2.81. The number of alkyl halides is 6. The highest BCUT2D eigenvalue weighted by atomic mass is 79.9. The number of hydrogen-bond acceptors (Lipinski definition) is 1. The van der Waals surface area contributed by atoms with E-state index >= 15 is 0 Å². The maximum absolute atomic E-state index is 12.8. The Labute approximate surface area is 98.3 Å². The third-order valence-electron chi connectivity index (χ3n) is 1.55. The molecular weight excluding hydrogens is 325 g/mol. The van der Waals surface area contributed by atoms with Gasteiger partial charge in [0, 0.05) is 0 Å². The first-order valence-electron chi connectivity index (χ1n) is 3.82. The van der Waals surface area contributed by atoms with Crippen molar-refractivity contribution in [2.75, 3.05) is 0 Å². The lowest BCUT2D eigenvalue weighted by atomic mass is 10.2. The van der Waals surface area contributed by atoms with Crippen molar-refractivity contribution in [1.82, 2.24) is 0 Å². The van der Waals surface area contributed by atoms with Crippen LogP contribution in [0.2, 0.25) is 0 Å². The summed E-state index contributed by atoms with van der Waals surface area (Å²) in [4.78, 5) is 0. The molecule has 0 aliphatic heterocycles. The van der Waals surface area contributed by atoms with Gasteiger partial charge in [0.2, 0.25) is 0 Å². The minimum absolute atomic E-state index is 0.0782. The Morgan fingerprint density at radius 3 is 1.94 bits per heavy atom. The molecule has 1 aromatic carbocycles. The number of rotatable bonds is 1. The van der Waals surface area contributed by atoms with E-state index in [0.717, 1.165) is 0 Å². The number of halogens is 8. The summed E-state index contributed by atoms with van der Waals surface area (Å²) in [6, 6.07) is 0.191. The summed E-state index contributed by atoms with van der Waals surface area (Å²) in [6.45, 7) is 0. The zero-order valence-electron chi connectivity index (χ0n) is 7.59. The Morgan fingerprint density at radius 2 is 1.53 bits per heavy atom. The van der Waals surface area contributed by atoms with Crippen LogP contribution in [-0.4, -0.2) is 6.36 Å². The normalized spacial score (nSPS) is 12.7. The highest BCUT2D eigenvalue weighted by Gasteiger charge is 2.40. The van der Waals surface area contributed by atoms with E-state index in [1.165, 1.54) is 0 Å². The smallest absolute Gasteiger partial charge is 0.405 e. The highest BCUT2D eigenvalue weighted by Crippen LogP contribution is 2.40. The van der Waals surface area contributed by atoms with E-state index in [9.17, 15) is 30.7 Å². The Hall–Kier alpha value is -0.990. The van der Waals surface area contributed by atoms with Gasteiger partial charge in [0.15, 0.2) is 0 Å². The average Bonchev–Trinajstić information content (AvgIpc) is 2.06. The molecule has 0 fully saturated rings. The van der Waals surface area contributed by atoms with E-state index in [2.05, 4.69) is 20.7 Å². The second kappa shape index (κ2) is 4.35. The number of hydrogen-bond donors (Lipinski definition) is 0. The monoisotopic (exact) mass is 326 g/mol. The van der Waals surface area contributed by atoms with Crippen molar-refractivity contribution in [2.45, 2.75) is 12.5 Å². The highest BCUT2D eigenvalue weighted by molar-refractivity contribution is 9.10. The topological polar surface area (TPSA) is 9.23 Å². The standard InChI is InChI=1S/C8H2BrF7O/c9-4-2-6(17-8(14,15)16)3(1-5(4)10)7(11,12)13/h1-2H. The molecule has 0 amide bonds. The molecule has 0 N–H and O–H groups in total. The van der Waals surface area contributed by atoms with Crippen molar-refractivity contribution in [2.24, 2.45) is 0 Å². The first-order valence-corrected chi connectivity index (χ1v) is 4.62. The number of benzene rings is 1. The molecule has 0 aliphatic carbocycles. The third-order valence-corrected chi connectivity index (χ3v) is 2.16. The molecule has 9 heteroatoms. The van der Waals surface area contributed by atoms with Crippen molar-refractivity contribution in [3.63, 3.8) is 0 Å². The summed E-state index contributed by atoms with van der Waals surface area (Å²) in [5.74, 6) is -2.86. The summed E-state index contributed by atoms with van der Waals surface area (Å²) >= 11 is 2.46. The third kappa shape index (κ3) is 3.76. The molecule has 0 aliphatic rings. The lowest BCUT2D eigenvalue weighted by Crippen LogP contribution is -2.20. The number of ether oxygens (including phenoxy) is 1. The fourth-order valence-corrected chi connectivity index (χ4v) is 1.28. The maximum Gasteiger partial charge on any atom is 0.573 e. The zero-order valence-corrected chi connectivity index (χ0v) is 9.17. The molecular formula is C8H2BrF7O. The molecule has 0 saturated heterocycles. The van der Waals surface area contributed by atoms with E-state index in [-0.39, 0.29) is 12.1 Å². The van der Waals surface area contributed by atoms with E-state index in [4.69, 9.17) is 0 Å². The van der Waals surface area contributed by atoms with Gasteiger partial charge >= 0.3 is 12.5 Å². The predicted octanol–water partition coefficient (Wildman–Crippen LogP) is 4.51. The van der Waals surface area contributed by atoms with Gasteiger partial charge in [-0.2, -0.15) is 13.2 Å². The predicted molar refractivity (Wildman–Crippen MR) is 45.8 cm³/mol. The van der Waals surface area contributed by atoms with Gasteiger partial charge in [0.05, 0.1) is 4.47 Å². The van der Waals surface area contributed by atoms with Crippen molar-refractivity contribution in [3.8, 4) is 5.75 Å². The van der Waals surface area contributed by atoms with Crippen LogP contribution < -0.4 is 4.74 Å². The summed E-state index contributed by atoms with van der Waals surface area (Å²) in [7, 11) is 0. The van der Waals surface area contributed by atoms with E-state index in [0.29, 0.717) is 0 Å². The average molecular weight is 327 g/mol. The molecule has 1 rings (SSSR count). The molecule has 1 nitrogen and oxygen atoms in total. The van der Waals surface area contributed by atoms with Crippen molar-refractivity contribution >= 4 is 15.9 Å². The Balaban J connectivity index is 3.32. The SMILES string of the molecule is Fc1cc(C(F)(F)F)c(OC(F)(F)F)cc1Br. The van der Waals surface area contributed by atoms with Crippen LogP contribution >= 0.6 is 15.9 Å². The molecule has 0 atom stereocenters.